The summed E-state index contributed by atoms with van der Waals surface area (Å²) in [6, 6.07) is 16.3. The minimum Gasteiger partial charge on any atom is -0.497 e. The van der Waals surface area contributed by atoms with Gasteiger partial charge in [0.2, 0.25) is 5.76 Å². The molecule has 0 N–H and O–H groups in total. The number of nitrogens with zero attached hydrogens (tertiary/aromatic N) is 2. The fraction of sp³-hybridized carbons (Fsp3) is 0.179. The van der Waals surface area contributed by atoms with Crippen LogP contribution in [0.25, 0.3) is 21.2 Å². The summed E-state index contributed by atoms with van der Waals surface area (Å²) < 4.78 is 12.4. The van der Waals surface area contributed by atoms with Crippen molar-refractivity contribution in [3.05, 3.63) is 98.4 Å². The quantitative estimate of drug-likeness (QED) is 0.311. The molecule has 1 atom stereocenters. The number of benzene rings is 3. The summed E-state index contributed by atoms with van der Waals surface area (Å²) >= 11 is 1.44. The fourth-order valence-electron chi connectivity index (χ4n) is 4.85. The van der Waals surface area contributed by atoms with Crippen LogP contribution in [0.1, 0.15) is 44.4 Å². The highest BCUT2D eigenvalue weighted by Crippen LogP contribution is 2.44. The number of aryl methyl sites for hydroxylation is 3. The smallest absolute Gasteiger partial charge is 0.297 e. The fourth-order valence-corrected chi connectivity index (χ4v) is 6.02. The number of methoxy groups -OCH3 is 1. The van der Waals surface area contributed by atoms with Crippen molar-refractivity contribution in [2.24, 2.45) is 0 Å². The number of anilines is 1. The Bertz CT molecular complexity index is 1720. The van der Waals surface area contributed by atoms with Gasteiger partial charge in [-0.1, -0.05) is 41.2 Å². The molecule has 1 amide bonds. The van der Waals surface area contributed by atoms with Crippen LogP contribution < -0.4 is 15.1 Å². The van der Waals surface area contributed by atoms with Crippen molar-refractivity contribution >= 4 is 43.6 Å². The van der Waals surface area contributed by atoms with Gasteiger partial charge < -0.3 is 9.15 Å². The van der Waals surface area contributed by atoms with E-state index in [1.165, 1.54) is 11.3 Å². The molecule has 0 fully saturated rings. The van der Waals surface area contributed by atoms with E-state index in [2.05, 4.69) is 12.1 Å². The molecule has 5 aromatic rings. The lowest BCUT2D eigenvalue weighted by atomic mass is 9.98. The predicted molar refractivity (Wildman–Crippen MR) is 138 cm³/mol. The highest BCUT2D eigenvalue weighted by molar-refractivity contribution is 7.22. The first-order valence-corrected chi connectivity index (χ1v) is 12.1. The Morgan fingerprint density at radius 3 is 2.49 bits per heavy atom. The molecule has 35 heavy (non-hydrogen) atoms. The van der Waals surface area contributed by atoms with Crippen molar-refractivity contribution in [2.75, 3.05) is 12.0 Å². The highest BCUT2D eigenvalue weighted by Gasteiger charge is 2.45. The standard InChI is InChI=1S/C28H22N2O4S/c1-14-5-10-20-19(12-14)25(31)22-24(17-6-8-18(33-4)9-7-17)30(27(32)26(22)34-20)28-29-23-16(3)11-15(2)13-21(23)35-28/h5-13,24H,1-4H3/t24-/m1/s1. The number of hydrogen-bond donors (Lipinski definition) is 0. The number of rotatable bonds is 3. The number of ether oxygens (including phenoxy) is 1. The molecule has 6 nitrogen and oxygen atoms in total. The zero-order valence-electron chi connectivity index (χ0n) is 19.7. The molecule has 1 aliphatic rings. The third-order valence-corrected chi connectivity index (χ3v) is 7.48. The first kappa shape index (κ1) is 21.6. The Balaban J connectivity index is 1.63. The van der Waals surface area contributed by atoms with Crippen LogP contribution in [-0.2, 0) is 0 Å². The summed E-state index contributed by atoms with van der Waals surface area (Å²) in [5.74, 6) is 0.394. The van der Waals surface area contributed by atoms with Gasteiger partial charge in [0.05, 0.1) is 34.3 Å². The highest BCUT2D eigenvalue weighted by atomic mass is 32.1. The molecule has 0 bridgehead atoms. The van der Waals surface area contributed by atoms with E-state index < -0.39 is 6.04 Å². The van der Waals surface area contributed by atoms with Crippen molar-refractivity contribution in [1.82, 2.24) is 4.98 Å². The number of amides is 1. The molecule has 0 saturated heterocycles. The van der Waals surface area contributed by atoms with Crippen LogP contribution in [-0.4, -0.2) is 18.0 Å². The lowest BCUT2D eigenvalue weighted by molar-refractivity contribution is 0.0971. The molecule has 0 unspecified atom stereocenters. The average molecular weight is 483 g/mol. The van der Waals surface area contributed by atoms with Crippen molar-refractivity contribution in [1.29, 1.82) is 0 Å². The van der Waals surface area contributed by atoms with E-state index in [0.717, 1.165) is 32.5 Å². The normalized spacial score (nSPS) is 15.3. The van der Waals surface area contributed by atoms with E-state index >= 15 is 0 Å². The van der Waals surface area contributed by atoms with Crippen LogP contribution in [0.4, 0.5) is 5.13 Å². The largest absolute Gasteiger partial charge is 0.497 e. The molecule has 6 rings (SSSR count). The zero-order valence-corrected chi connectivity index (χ0v) is 20.5. The molecule has 1 aliphatic heterocycles. The summed E-state index contributed by atoms with van der Waals surface area (Å²) in [6.45, 7) is 5.98. The van der Waals surface area contributed by atoms with Gasteiger partial charge in [-0.15, -0.1) is 0 Å². The predicted octanol–water partition coefficient (Wildman–Crippen LogP) is 6.09. The van der Waals surface area contributed by atoms with Gasteiger partial charge in [0.15, 0.2) is 10.6 Å². The van der Waals surface area contributed by atoms with Crippen molar-refractivity contribution < 1.29 is 13.9 Å². The summed E-state index contributed by atoms with van der Waals surface area (Å²) in [7, 11) is 1.60. The SMILES string of the molecule is COc1ccc([C@@H]2c3c(oc4ccc(C)cc4c3=O)C(=O)N2c2nc3c(C)cc(C)cc3s2)cc1. The van der Waals surface area contributed by atoms with E-state index in [0.29, 0.717) is 27.4 Å². The molecule has 0 spiro atoms. The van der Waals surface area contributed by atoms with Crippen LogP contribution in [0.3, 0.4) is 0 Å². The maximum atomic E-state index is 13.8. The molecule has 3 aromatic carbocycles. The molecular formula is C28H22N2O4S. The summed E-state index contributed by atoms with van der Waals surface area (Å²) in [4.78, 5) is 34.1. The second-order valence-electron chi connectivity index (χ2n) is 8.95. The number of fused-ring (bicyclic) bond motifs is 3. The van der Waals surface area contributed by atoms with Crippen LogP contribution >= 0.6 is 11.3 Å². The Morgan fingerprint density at radius 1 is 0.971 bits per heavy atom. The van der Waals surface area contributed by atoms with Gasteiger partial charge in [-0.3, -0.25) is 14.5 Å². The third kappa shape index (κ3) is 3.26. The Hall–Kier alpha value is -3.97. The van der Waals surface area contributed by atoms with Crippen LogP contribution in [0.2, 0.25) is 0 Å². The molecule has 0 radical (unpaired) electrons. The molecule has 2 aromatic heterocycles. The van der Waals surface area contributed by atoms with Crippen molar-refractivity contribution in [3.63, 3.8) is 0 Å². The first-order chi connectivity index (χ1) is 16.9. The van der Waals surface area contributed by atoms with Gasteiger partial charge in [0, 0.05) is 0 Å². The number of thiazole rings is 1. The second kappa shape index (κ2) is 7.78. The summed E-state index contributed by atoms with van der Waals surface area (Å²) in [5.41, 5.74) is 5.30. The van der Waals surface area contributed by atoms with Crippen LogP contribution in [0.15, 0.2) is 63.8 Å². The van der Waals surface area contributed by atoms with Gasteiger partial charge in [-0.25, -0.2) is 4.98 Å². The van der Waals surface area contributed by atoms with E-state index in [1.807, 2.05) is 57.2 Å². The van der Waals surface area contributed by atoms with E-state index in [9.17, 15) is 9.59 Å². The van der Waals surface area contributed by atoms with Crippen molar-refractivity contribution in [3.8, 4) is 5.75 Å². The van der Waals surface area contributed by atoms with Gasteiger partial charge >= 0.3 is 0 Å². The van der Waals surface area contributed by atoms with Crippen LogP contribution in [0, 0.1) is 20.8 Å². The summed E-state index contributed by atoms with van der Waals surface area (Å²) in [6.07, 6.45) is 0. The average Bonchev–Trinajstić information content (AvgIpc) is 3.39. The van der Waals surface area contributed by atoms with Crippen molar-refractivity contribution in [2.45, 2.75) is 26.8 Å². The zero-order chi connectivity index (χ0) is 24.4. The minimum absolute atomic E-state index is 0.0688. The lowest BCUT2D eigenvalue weighted by Crippen LogP contribution is -2.29. The molecule has 0 aliphatic carbocycles. The van der Waals surface area contributed by atoms with E-state index in [4.69, 9.17) is 14.1 Å². The van der Waals surface area contributed by atoms with Gasteiger partial charge in [0.25, 0.3) is 5.91 Å². The first-order valence-electron chi connectivity index (χ1n) is 11.3. The Kier molecular flexibility index (Phi) is 4.79. The molecule has 3 heterocycles. The lowest BCUT2D eigenvalue weighted by Gasteiger charge is -2.22. The number of hydrogen-bond acceptors (Lipinski definition) is 6. The third-order valence-electron chi connectivity index (χ3n) is 6.48. The maximum absolute atomic E-state index is 13.8. The minimum atomic E-state index is -0.661. The monoisotopic (exact) mass is 482 g/mol. The summed E-state index contributed by atoms with van der Waals surface area (Å²) in [5, 5.41) is 0.998. The van der Waals surface area contributed by atoms with Crippen LogP contribution in [0.5, 0.6) is 5.75 Å². The maximum Gasteiger partial charge on any atom is 0.297 e. The molecular weight excluding hydrogens is 460 g/mol. The number of carbonyl (C=O) groups excluding carboxylic acids is 1. The van der Waals surface area contributed by atoms with Gasteiger partial charge in [-0.05, 0) is 67.8 Å². The Labute approximate surface area is 205 Å². The molecule has 174 valence electrons. The topological polar surface area (TPSA) is 72.6 Å². The van der Waals surface area contributed by atoms with Gasteiger partial charge in [0.1, 0.15) is 11.3 Å². The van der Waals surface area contributed by atoms with Gasteiger partial charge in [-0.2, -0.15) is 0 Å². The van der Waals surface area contributed by atoms with E-state index in [1.54, 1.807) is 18.1 Å². The number of aromatic nitrogens is 1. The Morgan fingerprint density at radius 2 is 1.74 bits per heavy atom. The second-order valence-corrected chi connectivity index (χ2v) is 9.96. The molecule has 0 saturated carbocycles. The van der Waals surface area contributed by atoms with E-state index in [-0.39, 0.29) is 17.1 Å². The number of carbonyl (C=O) groups is 1. The molecule has 7 heteroatoms.